The number of anilines is 3. The van der Waals surface area contributed by atoms with E-state index in [0.29, 0.717) is 0 Å². The van der Waals surface area contributed by atoms with Crippen LogP contribution in [-0.4, -0.2) is 0 Å². The molecule has 0 atom stereocenters. The summed E-state index contributed by atoms with van der Waals surface area (Å²) in [6.07, 6.45) is 0. The van der Waals surface area contributed by atoms with Crippen molar-refractivity contribution in [3.05, 3.63) is 224 Å². The SMILES string of the molecule is c1ccc(-c2cccc3cccc(-c4ccc(N(c5cccc(-c6cccc7cccc(-c8ccccc8)c67)c5)c5cccc6c5sc5ccccc56)cc4)c23)cc1. The van der Waals surface area contributed by atoms with Crippen molar-refractivity contribution in [1.29, 1.82) is 0 Å². The van der Waals surface area contributed by atoms with Crippen molar-refractivity contribution >= 4 is 70.1 Å². The van der Waals surface area contributed by atoms with Gasteiger partial charge in [0.1, 0.15) is 0 Å². The molecule has 1 nitrogen and oxygen atoms in total. The molecule has 0 aliphatic heterocycles. The third kappa shape index (κ3) is 5.86. The molecule has 11 rings (SSSR count). The summed E-state index contributed by atoms with van der Waals surface area (Å²) in [4.78, 5) is 2.45. The van der Waals surface area contributed by atoms with Crippen molar-refractivity contribution in [2.24, 2.45) is 0 Å². The van der Waals surface area contributed by atoms with Crippen LogP contribution in [0.2, 0.25) is 0 Å². The molecule has 0 aliphatic rings. The molecule has 272 valence electrons. The van der Waals surface area contributed by atoms with E-state index in [9.17, 15) is 0 Å². The smallest absolute Gasteiger partial charge is 0.0640 e. The van der Waals surface area contributed by atoms with Crippen molar-refractivity contribution in [3.8, 4) is 44.5 Å². The number of benzene rings is 10. The lowest BCUT2D eigenvalue weighted by Crippen LogP contribution is -2.10. The lowest BCUT2D eigenvalue weighted by molar-refractivity contribution is 1.30. The fourth-order valence-corrected chi connectivity index (χ4v) is 10.0. The van der Waals surface area contributed by atoms with Gasteiger partial charge in [-0.3, -0.25) is 0 Å². The van der Waals surface area contributed by atoms with Crippen molar-refractivity contribution < 1.29 is 0 Å². The molecule has 11 aromatic rings. The van der Waals surface area contributed by atoms with Gasteiger partial charge in [-0.1, -0.05) is 188 Å². The maximum absolute atomic E-state index is 2.45. The van der Waals surface area contributed by atoms with Gasteiger partial charge in [0.25, 0.3) is 0 Å². The van der Waals surface area contributed by atoms with Gasteiger partial charge in [-0.15, -0.1) is 11.3 Å². The van der Waals surface area contributed by atoms with Crippen LogP contribution in [0.3, 0.4) is 0 Å². The van der Waals surface area contributed by atoms with E-state index in [1.165, 1.54) is 91.9 Å². The predicted octanol–water partition coefficient (Wildman–Crippen LogP) is 16.5. The van der Waals surface area contributed by atoms with E-state index in [1.807, 2.05) is 11.3 Å². The summed E-state index contributed by atoms with van der Waals surface area (Å²) >= 11 is 1.87. The van der Waals surface area contributed by atoms with Crippen molar-refractivity contribution in [1.82, 2.24) is 0 Å². The Bertz CT molecular complexity index is 3260. The van der Waals surface area contributed by atoms with Gasteiger partial charge in [0, 0.05) is 26.8 Å². The molecule has 0 saturated heterocycles. The topological polar surface area (TPSA) is 3.24 Å². The first-order valence-electron chi connectivity index (χ1n) is 19.8. The molecule has 0 bridgehead atoms. The minimum atomic E-state index is 1.11. The standard InChI is InChI=1S/C56H37NS/c1-3-15-38(16-4-1)46-26-10-19-41-20-12-28-48(54(41)46)40-33-35-44(36-34-40)57(52-31-14-30-51-50-25-7-8-32-53(50)58-56(51)52)45-24-9-23-43(37-45)49-29-13-22-42-21-11-27-47(55(42)49)39-17-5-2-6-18-39/h1-37H. The van der Waals surface area contributed by atoms with Crippen LogP contribution in [-0.2, 0) is 0 Å². The van der Waals surface area contributed by atoms with E-state index in [4.69, 9.17) is 0 Å². The van der Waals surface area contributed by atoms with Crippen molar-refractivity contribution in [2.45, 2.75) is 0 Å². The summed E-state index contributed by atoms with van der Waals surface area (Å²) in [7, 11) is 0. The van der Waals surface area contributed by atoms with Gasteiger partial charge in [0.15, 0.2) is 0 Å². The van der Waals surface area contributed by atoms with Crippen LogP contribution < -0.4 is 4.90 Å². The largest absolute Gasteiger partial charge is 0.309 e. The van der Waals surface area contributed by atoms with Gasteiger partial charge in [-0.25, -0.2) is 0 Å². The van der Waals surface area contributed by atoms with Crippen molar-refractivity contribution in [3.63, 3.8) is 0 Å². The molecule has 0 saturated carbocycles. The molecule has 58 heavy (non-hydrogen) atoms. The average Bonchev–Trinajstić information content (AvgIpc) is 3.69. The Kier molecular flexibility index (Phi) is 8.42. The Labute approximate surface area is 342 Å². The molecule has 1 heterocycles. The molecule has 0 radical (unpaired) electrons. The highest BCUT2D eigenvalue weighted by Crippen LogP contribution is 2.47. The van der Waals surface area contributed by atoms with Gasteiger partial charge >= 0.3 is 0 Å². The summed E-state index contributed by atoms with van der Waals surface area (Å²) in [5.74, 6) is 0. The number of rotatable bonds is 7. The predicted molar refractivity (Wildman–Crippen MR) is 251 cm³/mol. The van der Waals surface area contributed by atoms with Crippen LogP contribution >= 0.6 is 11.3 Å². The molecular formula is C56H37NS. The summed E-state index contributed by atoms with van der Waals surface area (Å²) in [6, 6.07) is 81.9. The van der Waals surface area contributed by atoms with Gasteiger partial charge in [-0.05, 0) is 102 Å². The molecule has 0 spiro atoms. The first-order chi connectivity index (χ1) is 28.8. The molecule has 0 fully saturated rings. The molecule has 2 heteroatoms. The van der Waals surface area contributed by atoms with Crippen LogP contribution in [0.4, 0.5) is 17.1 Å². The minimum absolute atomic E-state index is 1.11. The van der Waals surface area contributed by atoms with E-state index in [0.717, 1.165) is 11.4 Å². The van der Waals surface area contributed by atoms with Gasteiger partial charge < -0.3 is 4.90 Å². The maximum Gasteiger partial charge on any atom is 0.0640 e. The Morgan fingerprint density at radius 3 is 1.38 bits per heavy atom. The highest BCUT2D eigenvalue weighted by Gasteiger charge is 2.20. The molecule has 1 aromatic heterocycles. The first kappa shape index (κ1) is 34.0. The highest BCUT2D eigenvalue weighted by atomic mass is 32.1. The van der Waals surface area contributed by atoms with Crippen LogP contribution in [0.5, 0.6) is 0 Å². The van der Waals surface area contributed by atoms with E-state index in [2.05, 4.69) is 229 Å². The maximum atomic E-state index is 2.45. The van der Waals surface area contributed by atoms with Crippen LogP contribution in [0.25, 0.3) is 86.2 Å². The monoisotopic (exact) mass is 755 g/mol. The summed E-state index contributed by atoms with van der Waals surface area (Å²) in [6.45, 7) is 0. The second kappa shape index (κ2) is 14.4. The first-order valence-corrected chi connectivity index (χ1v) is 20.7. The highest BCUT2D eigenvalue weighted by molar-refractivity contribution is 7.26. The minimum Gasteiger partial charge on any atom is -0.309 e. The molecule has 0 unspecified atom stereocenters. The van der Waals surface area contributed by atoms with Gasteiger partial charge in [0.05, 0.1) is 10.4 Å². The third-order valence-corrected chi connectivity index (χ3v) is 12.7. The lowest BCUT2D eigenvalue weighted by atomic mass is 9.91. The van der Waals surface area contributed by atoms with Gasteiger partial charge in [-0.2, -0.15) is 0 Å². The Balaban J connectivity index is 1.10. The van der Waals surface area contributed by atoms with E-state index in [1.54, 1.807) is 0 Å². The molecule has 10 aromatic carbocycles. The van der Waals surface area contributed by atoms with E-state index < -0.39 is 0 Å². The quantitative estimate of drug-likeness (QED) is 0.157. The zero-order valence-corrected chi connectivity index (χ0v) is 32.5. The molecular weight excluding hydrogens is 719 g/mol. The van der Waals surface area contributed by atoms with Gasteiger partial charge in [0.2, 0.25) is 0 Å². The van der Waals surface area contributed by atoms with Crippen LogP contribution in [0.15, 0.2) is 224 Å². The summed E-state index contributed by atoms with van der Waals surface area (Å²) in [5.41, 5.74) is 13.1. The number of nitrogens with zero attached hydrogens (tertiary/aromatic N) is 1. The molecule has 0 aliphatic carbocycles. The Hall–Kier alpha value is -7.26. The second-order valence-electron chi connectivity index (χ2n) is 14.8. The number of hydrogen-bond donors (Lipinski definition) is 0. The fourth-order valence-electron chi connectivity index (χ4n) is 8.82. The van der Waals surface area contributed by atoms with E-state index in [-0.39, 0.29) is 0 Å². The Morgan fingerprint density at radius 1 is 0.310 bits per heavy atom. The van der Waals surface area contributed by atoms with E-state index >= 15 is 0 Å². The fraction of sp³-hybridized carbons (Fsp3) is 0. The van der Waals surface area contributed by atoms with Crippen molar-refractivity contribution in [2.75, 3.05) is 4.90 Å². The zero-order valence-electron chi connectivity index (χ0n) is 31.7. The number of thiophene rings is 1. The average molecular weight is 756 g/mol. The Morgan fingerprint density at radius 2 is 0.776 bits per heavy atom. The normalized spacial score (nSPS) is 11.4. The van der Waals surface area contributed by atoms with Crippen LogP contribution in [0, 0.1) is 0 Å². The number of fused-ring (bicyclic) bond motifs is 5. The second-order valence-corrected chi connectivity index (χ2v) is 15.9. The third-order valence-electron chi connectivity index (χ3n) is 11.5. The summed E-state index contributed by atoms with van der Waals surface area (Å²) < 4.78 is 2.57. The molecule has 0 amide bonds. The lowest BCUT2D eigenvalue weighted by Gasteiger charge is -2.27. The number of hydrogen-bond acceptors (Lipinski definition) is 2. The molecule has 0 N–H and O–H groups in total. The zero-order chi connectivity index (χ0) is 38.4. The summed E-state index contributed by atoms with van der Waals surface area (Å²) in [5, 5.41) is 7.58. The van der Waals surface area contributed by atoms with Crippen LogP contribution in [0.1, 0.15) is 0 Å².